The van der Waals surface area contributed by atoms with Gasteiger partial charge in [-0.05, 0) is 48.9 Å². The van der Waals surface area contributed by atoms with Crippen LogP contribution < -0.4 is 11.1 Å². The molecule has 1 saturated carbocycles. The van der Waals surface area contributed by atoms with Gasteiger partial charge in [-0.25, -0.2) is 9.97 Å². The van der Waals surface area contributed by atoms with E-state index >= 15 is 0 Å². The predicted molar refractivity (Wildman–Crippen MR) is 119 cm³/mol. The molecule has 0 bridgehead atoms. The molecular formula is C24H23N5O2. The number of pyridine rings is 2. The van der Waals surface area contributed by atoms with Crippen molar-refractivity contribution in [3.8, 4) is 17.3 Å². The molecular weight excluding hydrogens is 390 g/mol. The van der Waals surface area contributed by atoms with E-state index in [1.165, 1.54) is 0 Å². The van der Waals surface area contributed by atoms with Crippen molar-refractivity contribution < 1.29 is 9.59 Å². The third-order valence-corrected chi connectivity index (χ3v) is 5.59. The SMILES string of the molecule is CCCC(=O)c1ccc(-c2cc3cc(NC(=O)[C@H]4C[C@@H]4C#N)ncc3c(N)n2)c(C)c1. The summed E-state index contributed by atoms with van der Waals surface area (Å²) in [6.45, 7) is 3.93. The predicted octanol–water partition coefficient (Wildman–Crippen LogP) is 4.27. The van der Waals surface area contributed by atoms with E-state index in [0.29, 0.717) is 41.1 Å². The number of anilines is 2. The van der Waals surface area contributed by atoms with E-state index in [2.05, 4.69) is 21.4 Å². The van der Waals surface area contributed by atoms with Crippen LogP contribution in [0.5, 0.6) is 0 Å². The van der Waals surface area contributed by atoms with Gasteiger partial charge in [0.25, 0.3) is 0 Å². The number of hydrogen-bond acceptors (Lipinski definition) is 6. The van der Waals surface area contributed by atoms with Crippen LogP contribution in [0.15, 0.2) is 36.5 Å². The lowest BCUT2D eigenvalue weighted by molar-refractivity contribution is -0.117. The molecule has 156 valence electrons. The van der Waals surface area contributed by atoms with Crippen LogP contribution >= 0.6 is 0 Å². The highest BCUT2D eigenvalue weighted by Gasteiger charge is 2.43. The zero-order valence-corrected chi connectivity index (χ0v) is 17.5. The van der Waals surface area contributed by atoms with Crippen molar-refractivity contribution in [2.24, 2.45) is 11.8 Å². The van der Waals surface area contributed by atoms with Gasteiger partial charge in [-0.3, -0.25) is 9.59 Å². The van der Waals surface area contributed by atoms with Gasteiger partial charge in [0, 0.05) is 29.1 Å². The first-order valence-electron chi connectivity index (χ1n) is 10.3. The summed E-state index contributed by atoms with van der Waals surface area (Å²) in [5, 5.41) is 13.2. The maximum Gasteiger partial charge on any atom is 0.230 e. The number of nitrogens with one attached hydrogen (secondary N) is 1. The second-order valence-electron chi connectivity index (χ2n) is 7.95. The van der Waals surface area contributed by atoms with Gasteiger partial charge in [0.1, 0.15) is 11.6 Å². The molecule has 1 amide bonds. The Morgan fingerprint density at radius 1 is 1.29 bits per heavy atom. The van der Waals surface area contributed by atoms with E-state index in [4.69, 9.17) is 11.0 Å². The second-order valence-corrected chi connectivity index (χ2v) is 7.95. The summed E-state index contributed by atoms with van der Waals surface area (Å²) in [6, 6.07) is 11.4. The molecule has 1 aliphatic rings. The first-order chi connectivity index (χ1) is 14.9. The highest BCUT2D eigenvalue weighted by atomic mass is 16.2. The van der Waals surface area contributed by atoms with E-state index in [9.17, 15) is 9.59 Å². The molecule has 0 radical (unpaired) electrons. The van der Waals surface area contributed by atoms with Crippen LogP contribution in [0.2, 0.25) is 0 Å². The van der Waals surface area contributed by atoms with Gasteiger partial charge in [0.15, 0.2) is 5.78 Å². The molecule has 7 heteroatoms. The van der Waals surface area contributed by atoms with E-state index < -0.39 is 0 Å². The van der Waals surface area contributed by atoms with E-state index in [1.807, 2.05) is 38.1 Å². The minimum absolute atomic E-state index is 0.129. The van der Waals surface area contributed by atoms with Crippen LogP contribution in [0.3, 0.4) is 0 Å². The zero-order valence-electron chi connectivity index (χ0n) is 17.5. The summed E-state index contributed by atoms with van der Waals surface area (Å²) in [7, 11) is 0. The number of nitrogens with two attached hydrogens (primary N) is 1. The van der Waals surface area contributed by atoms with E-state index in [-0.39, 0.29) is 23.5 Å². The standard InChI is InChI=1S/C24H23N5O2/c1-3-4-21(30)14-5-6-17(13(2)7-14)20-9-15-10-22(27-12-19(15)23(26)28-20)29-24(31)18-8-16(18)11-25/h5-7,9-10,12,16,18H,3-4,8H2,1-2H3,(H2,26,28)(H,27,29,31)/t16-,18+/m1/s1. The molecule has 0 spiro atoms. The lowest BCUT2D eigenvalue weighted by Gasteiger charge is -2.11. The number of benzene rings is 1. The third-order valence-electron chi connectivity index (χ3n) is 5.59. The number of rotatable bonds is 6. The zero-order chi connectivity index (χ0) is 22.1. The fourth-order valence-electron chi connectivity index (χ4n) is 3.72. The summed E-state index contributed by atoms with van der Waals surface area (Å²) in [5.74, 6) is 0.219. The molecule has 1 aromatic carbocycles. The number of ketones is 1. The van der Waals surface area contributed by atoms with Crippen molar-refractivity contribution in [1.29, 1.82) is 5.26 Å². The molecule has 2 atom stereocenters. The van der Waals surface area contributed by atoms with Crippen LogP contribution in [-0.4, -0.2) is 21.7 Å². The van der Waals surface area contributed by atoms with Crippen molar-refractivity contribution in [1.82, 2.24) is 9.97 Å². The normalized spacial score (nSPS) is 17.2. The van der Waals surface area contributed by atoms with Gasteiger partial charge in [0.2, 0.25) is 5.91 Å². The molecule has 3 N–H and O–H groups in total. The van der Waals surface area contributed by atoms with Crippen LogP contribution in [0.25, 0.3) is 22.0 Å². The van der Waals surface area contributed by atoms with Crippen LogP contribution in [-0.2, 0) is 4.79 Å². The molecule has 0 unspecified atom stereocenters. The minimum Gasteiger partial charge on any atom is -0.383 e. The molecule has 31 heavy (non-hydrogen) atoms. The molecule has 0 saturated heterocycles. The lowest BCUT2D eigenvalue weighted by atomic mass is 9.98. The number of amides is 1. The highest BCUT2D eigenvalue weighted by Crippen LogP contribution is 2.38. The number of nitriles is 1. The fraction of sp³-hybridized carbons (Fsp3) is 0.292. The fourth-order valence-corrected chi connectivity index (χ4v) is 3.72. The van der Waals surface area contributed by atoms with Gasteiger partial charge in [0.05, 0.1) is 23.6 Å². The molecule has 3 aromatic rings. The van der Waals surface area contributed by atoms with Gasteiger partial charge >= 0.3 is 0 Å². The number of aryl methyl sites for hydroxylation is 1. The van der Waals surface area contributed by atoms with E-state index in [0.717, 1.165) is 22.9 Å². The number of fused-ring (bicyclic) bond motifs is 1. The second kappa shape index (κ2) is 8.15. The van der Waals surface area contributed by atoms with Crippen LogP contribution in [0.1, 0.15) is 42.1 Å². The average molecular weight is 413 g/mol. The number of aromatic nitrogens is 2. The molecule has 7 nitrogen and oxygen atoms in total. The Kier molecular flexibility index (Phi) is 5.38. The Balaban J connectivity index is 1.65. The largest absolute Gasteiger partial charge is 0.383 e. The first-order valence-corrected chi connectivity index (χ1v) is 10.3. The van der Waals surface area contributed by atoms with Crippen molar-refractivity contribution in [2.75, 3.05) is 11.1 Å². The molecule has 4 rings (SSSR count). The molecule has 0 aliphatic heterocycles. The van der Waals surface area contributed by atoms with Gasteiger partial charge in [-0.15, -0.1) is 0 Å². The number of carbonyl (C=O) groups is 2. The summed E-state index contributed by atoms with van der Waals surface area (Å²) >= 11 is 0. The Bertz CT molecular complexity index is 1240. The number of Topliss-reactive ketones (excluding diaryl/α,β-unsaturated/α-hetero) is 1. The summed E-state index contributed by atoms with van der Waals surface area (Å²) in [6.07, 6.45) is 3.52. The minimum atomic E-state index is -0.267. The van der Waals surface area contributed by atoms with Crippen molar-refractivity contribution in [3.05, 3.63) is 47.7 Å². The maximum absolute atomic E-state index is 12.2. The topological polar surface area (TPSA) is 122 Å². The molecule has 1 fully saturated rings. The number of nitrogen functional groups attached to an aromatic ring is 1. The third kappa shape index (κ3) is 4.10. The molecule has 2 heterocycles. The van der Waals surface area contributed by atoms with Gasteiger partial charge in [-0.2, -0.15) is 5.26 Å². The smallest absolute Gasteiger partial charge is 0.230 e. The quantitative estimate of drug-likeness (QED) is 0.582. The Morgan fingerprint density at radius 3 is 2.77 bits per heavy atom. The number of hydrogen-bond donors (Lipinski definition) is 2. The summed E-state index contributed by atoms with van der Waals surface area (Å²) in [4.78, 5) is 33.2. The highest BCUT2D eigenvalue weighted by molar-refractivity contribution is 5.99. The molecule has 1 aliphatic carbocycles. The Hall–Kier alpha value is -3.79. The van der Waals surface area contributed by atoms with Crippen molar-refractivity contribution in [3.63, 3.8) is 0 Å². The Labute approximate surface area is 180 Å². The van der Waals surface area contributed by atoms with Crippen LogP contribution in [0, 0.1) is 30.1 Å². The van der Waals surface area contributed by atoms with Gasteiger partial charge < -0.3 is 11.1 Å². The average Bonchev–Trinajstić information content (AvgIpc) is 3.53. The lowest BCUT2D eigenvalue weighted by Crippen LogP contribution is -2.15. The Morgan fingerprint density at radius 2 is 2.10 bits per heavy atom. The monoisotopic (exact) mass is 413 g/mol. The summed E-state index contributed by atoms with van der Waals surface area (Å²) < 4.78 is 0. The van der Waals surface area contributed by atoms with Crippen LogP contribution in [0.4, 0.5) is 11.6 Å². The number of nitrogens with zero attached hydrogens (tertiary/aromatic N) is 3. The summed E-state index contributed by atoms with van der Waals surface area (Å²) in [5.41, 5.74) is 9.39. The van der Waals surface area contributed by atoms with Gasteiger partial charge in [-0.1, -0.05) is 19.1 Å². The molecule has 2 aromatic heterocycles. The first kappa shape index (κ1) is 20.5. The van der Waals surface area contributed by atoms with E-state index in [1.54, 1.807) is 12.3 Å². The van der Waals surface area contributed by atoms with Crippen molar-refractivity contribution in [2.45, 2.75) is 33.1 Å². The number of carbonyl (C=O) groups excluding carboxylic acids is 2. The van der Waals surface area contributed by atoms with Crippen molar-refractivity contribution >= 4 is 34.1 Å². The maximum atomic E-state index is 12.2.